The van der Waals surface area contributed by atoms with Gasteiger partial charge in [-0.15, -0.1) is 99.4 Å². The van der Waals surface area contributed by atoms with E-state index in [4.69, 9.17) is 4.74 Å². The van der Waals surface area contributed by atoms with Crippen LogP contribution in [0.15, 0.2) is 133 Å². The molecule has 0 aromatic heterocycles. The Labute approximate surface area is 419 Å². The van der Waals surface area contributed by atoms with Gasteiger partial charge in [-0.05, 0) is 66.2 Å². The van der Waals surface area contributed by atoms with Gasteiger partial charge in [-0.1, -0.05) is 160 Å². The molecule has 0 aliphatic rings. The summed E-state index contributed by atoms with van der Waals surface area (Å²) < 4.78 is 5.85. The minimum absolute atomic E-state index is 0. The van der Waals surface area contributed by atoms with Gasteiger partial charge < -0.3 is 12.2 Å². The summed E-state index contributed by atoms with van der Waals surface area (Å²) in [6.07, 6.45) is 6.07. The Morgan fingerprint density at radius 1 is 0.609 bits per heavy atom. The van der Waals surface area contributed by atoms with Crippen LogP contribution >= 0.6 is 24.8 Å². The molecule has 64 heavy (non-hydrogen) atoms. The summed E-state index contributed by atoms with van der Waals surface area (Å²) in [6, 6.07) is 51.2. The average Bonchev–Trinajstić information content (AvgIpc) is 3.82. The Morgan fingerprint density at radius 3 is 1.58 bits per heavy atom. The average molecular weight is 991 g/mol. The zero-order chi connectivity index (χ0) is 44.8. The number of rotatable bonds is 10. The maximum Gasteiger partial charge on any atom is -0.171 e. The monoisotopic (exact) mass is 988 g/mol. The van der Waals surface area contributed by atoms with Crippen molar-refractivity contribution in [2.75, 3.05) is 6.61 Å². The second-order valence-electron chi connectivity index (χ2n) is 19.7. The van der Waals surface area contributed by atoms with E-state index in [0.717, 1.165) is 19.4 Å². The Balaban J connectivity index is 0.000000541. The van der Waals surface area contributed by atoms with Crippen LogP contribution in [-0.4, -0.2) is 19.1 Å². The predicted molar refractivity (Wildman–Crippen MR) is 286 cm³/mol. The second-order valence-corrected chi connectivity index (χ2v) is 19.7. The fourth-order valence-corrected chi connectivity index (χ4v) is 7.73. The number of hydrogen-bond acceptors (Lipinski definition) is 1. The van der Waals surface area contributed by atoms with E-state index in [0.29, 0.717) is 5.92 Å². The molecular formula is C59H76Cl2OSiZr-4. The van der Waals surface area contributed by atoms with Crippen molar-refractivity contribution < 1.29 is 28.1 Å². The van der Waals surface area contributed by atoms with E-state index >= 15 is 0 Å². The first-order valence-corrected chi connectivity index (χ1v) is 26.5. The summed E-state index contributed by atoms with van der Waals surface area (Å²) in [5.74, 6) is 0.573. The quantitative estimate of drug-likeness (QED) is 0.0754. The number of fused-ring (bicyclic) bond motifs is 2. The van der Waals surface area contributed by atoms with Gasteiger partial charge in [0, 0.05) is 6.61 Å². The summed E-state index contributed by atoms with van der Waals surface area (Å²) in [5, 5.41) is 5.55. The predicted octanol–water partition coefficient (Wildman–Crippen LogP) is 17.8. The molecule has 0 aliphatic carbocycles. The van der Waals surface area contributed by atoms with Crippen molar-refractivity contribution in [1.82, 2.24) is 0 Å². The fraction of sp³-hybridized carbons (Fsp3) is 0.373. The molecule has 7 aromatic carbocycles. The third kappa shape index (κ3) is 17.6. The normalized spacial score (nSPS) is 11.1. The van der Waals surface area contributed by atoms with Gasteiger partial charge in [-0.3, -0.25) is 0 Å². The van der Waals surface area contributed by atoms with Crippen LogP contribution in [0.3, 0.4) is 0 Å². The van der Waals surface area contributed by atoms with Crippen molar-refractivity contribution in [3.63, 3.8) is 0 Å². The minimum atomic E-state index is -0.0210. The summed E-state index contributed by atoms with van der Waals surface area (Å²) in [4.78, 5) is 0. The molecule has 7 aromatic rings. The van der Waals surface area contributed by atoms with E-state index in [9.17, 15) is 0 Å². The van der Waals surface area contributed by atoms with Crippen LogP contribution in [0.1, 0.15) is 136 Å². The zero-order valence-corrected chi connectivity index (χ0v) is 46.3. The summed E-state index contributed by atoms with van der Waals surface area (Å²) in [5.41, 5.74) is 12.9. The number of unbranched alkanes of at least 4 members (excludes halogenated alkanes) is 3. The molecule has 2 radical (unpaired) electrons. The molecule has 7 rings (SSSR count). The number of aryl methyl sites for hydroxylation is 2. The van der Waals surface area contributed by atoms with Crippen molar-refractivity contribution in [2.24, 2.45) is 0 Å². The fourth-order valence-electron chi connectivity index (χ4n) is 7.73. The maximum absolute atomic E-state index is 5.85. The van der Waals surface area contributed by atoms with E-state index in [1.54, 1.807) is 0 Å². The standard InChI is InChI=1S/C30H41O.C22H25.C6H5.CH3.2ClH.Si.Zr/c1-22-21-24-13-12-15-27(23-16-18-25(19-17-23)29(2,3)4)28(24)26(22)14-10-8-9-11-20-31-30(5,6)7;1-15(2)18-13-17-7-6-8-20(21(17)14-18)16-9-11-19(12-10-16)22(3,4)5;1-2-4-6-5-3-1;;;;;/h12-13,15-19,21H,8-11,14,20H2,1-7H3;6-15H,1-5H3;1-5H;1H3;2*1H;;/q4*-1;;;;. The van der Waals surface area contributed by atoms with Crippen molar-refractivity contribution in [1.29, 1.82) is 0 Å². The van der Waals surface area contributed by atoms with E-state index < -0.39 is 0 Å². The van der Waals surface area contributed by atoms with Crippen LogP contribution < -0.4 is 0 Å². The van der Waals surface area contributed by atoms with Crippen LogP contribution in [-0.2, 0) is 45.3 Å². The van der Waals surface area contributed by atoms with Crippen molar-refractivity contribution in [2.45, 2.75) is 138 Å². The van der Waals surface area contributed by atoms with Gasteiger partial charge in [0.25, 0.3) is 0 Å². The molecule has 0 aliphatic heterocycles. The van der Waals surface area contributed by atoms with Gasteiger partial charge in [0.2, 0.25) is 0 Å². The van der Waals surface area contributed by atoms with E-state index in [1.165, 1.54) is 114 Å². The van der Waals surface area contributed by atoms with Crippen LogP contribution in [0.4, 0.5) is 0 Å². The number of benzene rings is 5. The van der Waals surface area contributed by atoms with Crippen LogP contribution in [0.2, 0.25) is 0 Å². The molecule has 0 fully saturated rings. The third-order valence-electron chi connectivity index (χ3n) is 11.3. The molecule has 0 amide bonds. The van der Waals surface area contributed by atoms with Gasteiger partial charge in [-0.2, -0.15) is 42.5 Å². The SMILES string of the molecule is CC(C)c1cc2c(-c3ccc(C(C)(C)C)cc3)cccc2[cH-]1.Cc1[cH-]c2cccc(-c3ccc(C(C)(C)C)cc3)c2c1CCCCCCOC(C)(C)C.Cl.Cl.[CH3-].[Si]=[Zr].[c-]1ccccc1. The summed E-state index contributed by atoms with van der Waals surface area (Å²) in [6.45, 7) is 30.7. The molecular weight excluding hydrogens is 915 g/mol. The van der Waals surface area contributed by atoms with Crippen molar-refractivity contribution >= 4 is 53.2 Å². The Kier molecular flexibility index (Phi) is 25.4. The number of ether oxygens (including phenoxy) is 1. The first-order valence-electron chi connectivity index (χ1n) is 22.3. The molecule has 0 saturated heterocycles. The smallest absolute Gasteiger partial charge is 0.171 e. The molecule has 0 atom stereocenters. The van der Waals surface area contributed by atoms with Crippen LogP contribution in [0, 0.1) is 20.4 Å². The van der Waals surface area contributed by atoms with E-state index in [2.05, 4.69) is 199 Å². The Bertz CT molecular complexity index is 2320. The number of hydrogen-bond donors (Lipinski definition) is 0. The summed E-state index contributed by atoms with van der Waals surface area (Å²) in [7, 11) is 0. The van der Waals surface area contributed by atoms with Crippen molar-refractivity contribution in [3.8, 4) is 22.3 Å². The molecule has 0 bridgehead atoms. The topological polar surface area (TPSA) is 9.23 Å². The Morgan fingerprint density at radius 2 is 1.11 bits per heavy atom. The number of halogens is 2. The maximum atomic E-state index is 5.85. The Hall–Kier alpha value is -3.04. The minimum Gasteiger partial charge on any atom is -0.184 e. The summed E-state index contributed by atoms with van der Waals surface area (Å²) >= 11 is 1.36. The molecule has 0 N–H and O–H groups in total. The largest absolute Gasteiger partial charge is 0.184 e. The molecule has 5 heteroatoms. The molecule has 0 spiro atoms. The second kappa shape index (κ2) is 27.6. The molecule has 344 valence electrons. The van der Waals surface area contributed by atoms with E-state index in [1.807, 2.05) is 30.3 Å². The van der Waals surface area contributed by atoms with Gasteiger partial charge in [-0.25, -0.2) is 0 Å². The first-order chi connectivity index (χ1) is 28.9. The van der Waals surface area contributed by atoms with Crippen LogP contribution in [0.5, 0.6) is 0 Å². The molecule has 1 nitrogen and oxygen atoms in total. The molecule has 0 unspecified atom stereocenters. The zero-order valence-electron chi connectivity index (χ0n) is 41.2. The third-order valence-corrected chi connectivity index (χ3v) is 11.3. The van der Waals surface area contributed by atoms with Crippen molar-refractivity contribution in [3.05, 3.63) is 175 Å². The van der Waals surface area contributed by atoms with Gasteiger partial charge in [0.15, 0.2) is 0 Å². The van der Waals surface area contributed by atoms with Gasteiger partial charge in [0.05, 0.1) is 5.60 Å². The molecule has 0 saturated carbocycles. The van der Waals surface area contributed by atoms with E-state index in [-0.39, 0.29) is 48.7 Å². The van der Waals surface area contributed by atoms with Crippen LogP contribution in [0.25, 0.3) is 43.8 Å². The molecule has 0 heterocycles. The van der Waals surface area contributed by atoms with Gasteiger partial charge in [0.1, 0.15) is 0 Å². The van der Waals surface area contributed by atoms with Gasteiger partial charge >= 0.3 is 30.2 Å². The first kappa shape index (κ1) is 59.0.